The van der Waals surface area contributed by atoms with Crippen molar-refractivity contribution >= 4 is 39.2 Å². The second-order valence-electron chi connectivity index (χ2n) is 6.44. The molecule has 134 valence electrons. The molecule has 5 rings (SSSR count). The monoisotopic (exact) mass is 383 g/mol. The summed E-state index contributed by atoms with van der Waals surface area (Å²) in [7, 11) is 0. The van der Waals surface area contributed by atoms with E-state index in [9.17, 15) is 4.79 Å². The summed E-state index contributed by atoms with van der Waals surface area (Å²) in [6, 6.07) is 22.6. The van der Waals surface area contributed by atoms with Gasteiger partial charge >= 0.3 is 0 Å². The zero-order chi connectivity index (χ0) is 19.1. The van der Waals surface area contributed by atoms with Gasteiger partial charge < -0.3 is 0 Å². The van der Waals surface area contributed by atoms with Crippen molar-refractivity contribution in [2.75, 3.05) is 0 Å². The molecule has 0 spiro atoms. The Morgan fingerprint density at radius 3 is 2.39 bits per heavy atom. The number of ketones is 1. The highest BCUT2D eigenvalue weighted by molar-refractivity contribution is 6.31. The molecule has 0 N–H and O–H groups in total. The number of nitrogens with zero attached hydrogens (tertiary/aromatic N) is 3. The minimum atomic E-state index is -0.0897. The third-order valence-corrected chi connectivity index (χ3v) is 5.01. The Kier molecular flexibility index (Phi) is 3.92. The molecule has 5 aromatic rings. The standard InChI is InChI=1S/C23H14ClN3O/c24-16-7-3-6-15(14-16)22(28)19-10-4-9-18-17-8-1-2-11-20(17)27(21(18)19)23-25-12-5-13-26-23/h1-14H. The minimum absolute atomic E-state index is 0.0897. The summed E-state index contributed by atoms with van der Waals surface area (Å²) < 4.78 is 1.95. The zero-order valence-corrected chi connectivity index (χ0v) is 15.5. The summed E-state index contributed by atoms with van der Waals surface area (Å²) in [5.41, 5.74) is 2.88. The van der Waals surface area contributed by atoms with Gasteiger partial charge in [0.25, 0.3) is 0 Å². The van der Waals surface area contributed by atoms with E-state index in [1.807, 2.05) is 47.0 Å². The van der Waals surface area contributed by atoms with Crippen LogP contribution in [-0.2, 0) is 0 Å². The molecular formula is C23H14ClN3O. The fourth-order valence-corrected chi connectivity index (χ4v) is 3.79. The van der Waals surface area contributed by atoms with E-state index in [0.29, 0.717) is 22.1 Å². The molecule has 2 heterocycles. The Labute approximate surface area is 166 Å². The Balaban J connectivity index is 1.88. The summed E-state index contributed by atoms with van der Waals surface area (Å²) in [5.74, 6) is 0.438. The van der Waals surface area contributed by atoms with E-state index < -0.39 is 0 Å². The van der Waals surface area contributed by atoms with Gasteiger partial charge in [-0.1, -0.05) is 54.1 Å². The number of carbonyl (C=O) groups is 1. The molecule has 0 aliphatic heterocycles. The molecule has 0 amide bonds. The average Bonchev–Trinajstić information content (AvgIpc) is 3.08. The van der Waals surface area contributed by atoms with Gasteiger partial charge in [0.2, 0.25) is 5.95 Å². The Morgan fingerprint density at radius 1 is 0.821 bits per heavy atom. The number of aromatic nitrogens is 3. The van der Waals surface area contributed by atoms with Crippen molar-refractivity contribution < 1.29 is 4.79 Å². The third-order valence-electron chi connectivity index (χ3n) is 4.78. The Morgan fingerprint density at radius 2 is 1.57 bits per heavy atom. The second kappa shape index (κ2) is 6.59. The minimum Gasteiger partial charge on any atom is -0.289 e. The first kappa shape index (κ1) is 16.7. The molecule has 0 radical (unpaired) electrons. The van der Waals surface area contributed by atoms with E-state index >= 15 is 0 Å². The quantitative estimate of drug-likeness (QED) is 0.389. The molecule has 3 aromatic carbocycles. The summed E-state index contributed by atoms with van der Waals surface area (Å²) in [4.78, 5) is 22.2. The molecule has 0 unspecified atom stereocenters. The van der Waals surface area contributed by atoms with E-state index in [1.54, 1.807) is 42.7 Å². The van der Waals surface area contributed by atoms with E-state index in [1.165, 1.54) is 0 Å². The lowest BCUT2D eigenvalue weighted by Crippen LogP contribution is -2.06. The summed E-state index contributed by atoms with van der Waals surface area (Å²) in [6.45, 7) is 0. The normalized spacial score (nSPS) is 11.2. The molecular weight excluding hydrogens is 370 g/mol. The van der Waals surface area contributed by atoms with Gasteiger partial charge in [-0.05, 0) is 30.3 Å². The van der Waals surface area contributed by atoms with Crippen molar-refractivity contribution in [3.8, 4) is 5.95 Å². The van der Waals surface area contributed by atoms with Gasteiger partial charge in [-0.25, -0.2) is 9.97 Å². The predicted octanol–water partition coefficient (Wildman–Crippen LogP) is 5.46. The molecule has 28 heavy (non-hydrogen) atoms. The van der Waals surface area contributed by atoms with Gasteiger partial charge in [0, 0.05) is 39.3 Å². The highest BCUT2D eigenvalue weighted by Crippen LogP contribution is 2.33. The smallest absolute Gasteiger partial charge is 0.234 e. The maximum Gasteiger partial charge on any atom is 0.234 e. The van der Waals surface area contributed by atoms with Crippen LogP contribution in [0.15, 0.2) is 85.2 Å². The average molecular weight is 384 g/mol. The number of rotatable bonds is 3. The maximum absolute atomic E-state index is 13.4. The Hall–Kier alpha value is -3.50. The number of hydrogen-bond donors (Lipinski definition) is 0. The van der Waals surface area contributed by atoms with Crippen molar-refractivity contribution in [1.82, 2.24) is 14.5 Å². The van der Waals surface area contributed by atoms with Gasteiger partial charge in [-0.15, -0.1) is 0 Å². The van der Waals surface area contributed by atoms with Crippen LogP contribution in [0.25, 0.3) is 27.8 Å². The van der Waals surface area contributed by atoms with E-state index in [4.69, 9.17) is 11.6 Å². The summed E-state index contributed by atoms with van der Waals surface area (Å²) >= 11 is 6.11. The molecule has 5 heteroatoms. The highest BCUT2D eigenvalue weighted by atomic mass is 35.5. The van der Waals surface area contributed by atoms with Crippen LogP contribution in [0.2, 0.25) is 5.02 Å². The molecule has 0 bridgehead atoms. The highest BCUT2D eigenvalue weighted by Gasteiger charge is 2.20. The van der Waals surface area contributed by atoms with Crippen LogP contribution in [-0.4, -0.2) is 20.3 Å². The number of hydrogen-bond acceptors (Lipinski definition) is 3. The van der Waals surface area contributed by atoms with Crippen LogP contribution in [0, 0.1) is 0 Å². The third kappa shape index (κ3) is 2.58. The molecule has 0 saturated carbocycles. The number of halogens is 1. The first-order chi connectivity index (χ1) is 13.7. The Bertz CT molecular complexity index is 1340. The number of fused-ring (bicyclic) bond motifs is 3. The van der Waals surface area contributed by atoms with Gasteiger partial charge in [-0.2, -0.15) is 0 Å². The van der Waals surface area contributed by atoms with Crippen molar-refractivity contribution in [1.29, 1.82) is 0 Å². The van der Waals surface area contributed by atoms with Crippen molar-refractivity contribution in [2.24, 2.45) is 0 Å². The number of benzene rings is 3. The van der Waals surface area contributed by atoms with Gasteiger partial charge in [0.05, 0.1) is 11.0 Å². The molecule has 0 fully saturated rings. The number of para-hydroxylation sites is 2. The van der Waals surface area contributed by atoms with Crippen LogP contribution in [0.4, 0.5) is 0 Å². The lowest BCUT2D eigenvalue weighted by atomic mass is 10.0. The van der Waals surface area contributed by atoms with Crippen LogP contribution in [0.1, 0.15) is 15.9 Å². The molecule has 4 nitrogen and oxygen atoms in total. The first-order valence-electron chi connectivity index (χ1n) is 8.84. The van der Waals surface area contributed by atoms with Gasteiger partial charge in [0.15, 0.2) is 5.78 Å². The molecule has 0 aliphatic carbocycles. The maximum atomic E-state index is 13.4. The van der Waals surface area contributed by atoms with Crippen LogP contribution in [0.5, 0.6) is 0 Å². The molecule has 0 saturated heterocycles. The van der Waals surface area contributed by atoms with Gasteiger partial charge in [-0.3, -0.25) is 9.36 Å². The summed E-state index contributed by atoms with van der Waals surface area (Å²) in [6.07, 6.45) is 3.40. The lowest BCUT2D eigenvalue weighted by molar-refractivity contribution is 0.104. The second-order valence-corrected chi connectivity index (χ2v) is 6.88. The van der Waals surface area contributed by atoms with Gasteiger partial charge in [0.1, 0.15) is 0 Å². The van der Waals surface area contributed by atoms with Crippen LogP contribution < -0.4 is 0 Å². The zero-order valence-electron chi connectivity index (χ0n) is 14.7. The fourth-order valence-electron chi connectivity index (χ4n) is 3.60. The predicted molar refractivity (Wildman–Crippen MR) is 111 cm³/mol. The molecule has 2 aromatic heterocycles. The number of carbonyl (C=O) groups excluding carboxylic acids is 1. The SMILES string of the molecule is O=C(c1cccc(Cl)c1)c1cccc2c3ccccc3n(-c3ncccn3)c12. The topological polar surface area (TPSA) is 47.8 Å². The first-order valence-corrected chi connectivity index (χ1v) is 9.21. The van der Waals surface area contributed by atoms with Crippen LogP contribution >= 0.6 is 11.6 Å². The van der Waals surface area contributed by atoms with Crippen molar-refractivity contribution in [3.05, 3.63) is 101 Å². The van der Waals surface area contributed by atoms with Crippen molar-refractivity contribution in [2.45, 2.75) is 0 Å². The fraction of sp³-hybridized carbons (Fsp3) is 0. The van der Waals surface area contributed by atoms with E-state index in [2.05, 4.69) is 9.97 Å². The van der Waals surface area contributed by atoms with E-state index in [0.717, 1.165) is 21.8 Å². The van der Waals surface area contributed by atoms with Crippen molar-refractivity contribution in [3.63, 3.8) is 0 Å². The lowest BCUT2D eigenvalue weighted by Gasteiger charge is -2.09. The molecule has 0 atom stereocenters. The van der Waals surface area contributed by atoms with Crippen LogP contribution in [0.3, 0.4) is 0 Å². The van der Waals surface area contributed by atoms with E-state index in [-0.39, 0.29) is 5.78 Å². The summed E-state index contributed by atoms with van der Waals surface area (Å²) in [5, 5.41) is 2.56. The largest absolute Gasteiger partial charge is 0.289 e. The molecule has 0 aliphatic rings.